The topological polar surface area (TPSA) is 100 Å². The maximum atomic E-state index is 7.23. The molecule has 0 radical (unpaired) electrons. The number of benzene rings is 3. The van der Waals surface area contributed by atoms with Crippen molar-refractivity contribution < 1.29 is 9.16 Å². The van der Waals surface area contributed by atoms with E-state index in [1.807, 2.05) is 22.9 Å². The predicted octanol–water partition coefficient (Wildman–Crippen LogP) is 6.75. The van der Waals surface area contributed by atoms with Crippen LogP contribution in [-0.2, 0) is 16.9 Å². The number of hydrogen-bond acceptors (Lipinski definition) is 7. The van der Waals surface area contributed by atoms with Gasteiger partial charge in [0.15, 0.2) is 5.82 Å². The van der Waals surface area contributed by atoms with Crippen LogP contribution in [0.25, 0.3) is 11.0 Å². The number of methoxy groups -OCH3 is 1. The molecule has 0 amide bonds. The van der Waals surface area contributed by atoms with Gasteiger partial charge in [0.1, 0.15) is 16.8 Å². The first-order chi connectivity index (χ1) is 22.2. The zero-order chi connectivity index (χ0) is 32.7. The third-order valence-corrected chi connectivity index (χ3v) is 13.9. The van der Waals surface area contributed by atoms with Gasteiger partial charge in [-0.25, -0.2) is 4.98 Å². The number of ether oxygens (including phenoxy) is 1. The molecule has 10 heteroatoms. The van der Waals surface area contributed by atoms with Crippen molar-refractivity contribution in [2.24, 2.45) is 0 Å². The lowest BCUT2D eigenvalue weighted by Crippen LogP contribution is -2.66. The highest BCUT2D eigenvalue weighted by Gasteiger charge is 2.50. The van der Waals surface area contributed by atoms with Crippen LogP contribution >= 0.6 is 11.6 Å². The number of nitrogens with zero attached hydrogens (tertiary/aromatic N) is 4. The fraction of sp³-hybridized carbons (Fsp3) is 0.361. The van der Waals surface area contributed by atoms with Gasteiger partial charge in [0.25, 0.3) is 8.32 Å². The summed E-state index contributed by atoms with van der Waals surface area (Å²) in [7, 11) is -0.983. The Hall–Kier alpha value is -3.92. The molecule has 1 unspecified atom stereocenters. The van der Waals surface area contributed by atoms with Crippen LogP contribution in [0.4, 0.5) is 11.8 Å². The van der Waals surface area contributed by atoms with E-state index < -0.39 is 8.32 Å². The SMILES string of the molecule is CCCC(CCO[Si](c1ccccc1)(c1ccccc1)C(C)(C)C)Nc1nc(N)nc2cnn(Cc3cc(CCl)ccc3OC)c12. The van der Waals surface area contributed by atoms with E-state index in [0.29, 0.717) is 30.4 Å². The fourth-order valence-electron chi connectivity index (χ4n) is 6.38. The molecule has 2 heterocycles. The maximum Gasteiger partial charge on any atom is 0.261 e. The van der Waals surface area contributed by atoms with E-state index in [1.54, 1.807) is 13.3 Å². The third-order valence-electron chi connectivity index (χ3n) is 8.50. The largest absolute Gasteiger partial charge is 0.496 e. The summed E-state index contributed by atoms with van der Waals surface area (Å²) in [5.41, 5.74) is 9.66. The van der Waals surface area contributed by atoms with Crippen LogP contribution in [0.5, 0.6) is 5.75 Å². The lowest BCUT2D eigenvalue weighted by Gasteiger charge is -2.43. The van der Waals surface area contributed by atoms with Gasteiger partial charge >= 0.3 is 0 Å². The van der Waals surface area contributed by atoms with Gasteiger partial charge in [0.05, 0.1) is 19.9 Å². The summed E-state index contributed by atoms with van der Waals surface area (Å²) >= 11 is 6.15. The van der Waals surface area contributed by atoms with E-state index >= 15 is 0 Å². The Morgan fingerprint density at radius 2 is 1.63 bits per heavy atom. The van der Waals surface area contributed by atoms with Crippen molar-refractivity contribution in [2.45, 2.75) is 70.5 Å². The predicted molar refractivity (Wildman–Crippen MR) is 192 cm³/mol. The number of anilines is 2. The second-order valence-corrected chi connectivity index (χ2v) is 17.2. The van der Waals surface area contributed by atoms with Gasteiger partial charge in [0.2, 0.25) is 5.95 Å². The van der Waals surface area contributed by atoms with Crippen molar-refractivity contribution in [1.82, 2.24) is 19.7 Å². The molecule has 3 aromatic carbocycles. The van der Waals surface area contributed by atoms with E-state index in [-0.39, 0.29) is 17.0 Å². The van der Waals surface area contributed by atoms with Gasteiger partial charge in [0, 0.05) is 24.1 Å². The van der Waals surface area contributed by atoms with Crippen LogP contribution in [0.1, 0.15) is 58.1 Å². The van der Waals surface area contributed by atoms with Crippen LogP contribution < -0.4 is 26.2 Å². The quantitative estimate of drug-likeness (QED) is 0.101. The standard InChI is InChI=1S/C36H45ClN6O2Si/c1-6-13-28(20-21-45-46(36(2,3)4,29-14-9-7-10-15-29)30-16-11-8-12-17-30)40-34-33-31(41-35(38)42-34)24-39-43(33)25-27-22-26(23-37)18-19-32(27)44-5/h7-12,14-19,22,24,28H,6,13,20-21,23,25H2,1-5H3,(H3,38,40,41,42). The zero-order valence-electron chi connectivity index (χ0n) is 27.5. The number of nitrogens with one attached hydrogen (secondary N) is 1. The summed E-state index contributed by atoms with van der Waals surface area (Å²) < 4.78 is 14.8. The van der Waals surface area contributed by atoms with Crippen molar-refractivity contribution in [1.29, 1.82) is 0 Å². The van der Waals surface area contributed by atoms with Gasteiger partial charge in [-0.3, -0.25) is 4.68 Å². The molecule has 46 heavy (non-hydrogen) atoms. The summed E-state index contributed by atoms with van der Waals surface area (Å²) in [6.07, 6.45) is 4.47. The maximum absolute atomic E-state index is 7.23. The van der Waals surface area contributed by atoms with Crippen LogP contribution in [0.2, 0.25) is 5.04 Å². The van der Waals surface area contributed by atoms with E-state index in [0.717, 1.165) is 41.7 Å². The van der Waals surface area contributed by atoms with Crippen molar-refractivity contribution in [3.63, 3.8) is 0 Å². The van der Waals surface area contributed by atoms with Crippen LogP contribution in [0, 0.1) is 0 Å². The number of rotatable bonds is 14. The summed E-state index contributed by atoms with van der Waals surface area (Å²) in [5, 5.41) is 10.9. The second-order valence-electron chi connectivity index (χ2n) is 12.7. The van der Waals surface area contributed by atoms with Crippen molar-refractivity contribution in [3.8, 4) is 5.75 Å². The normalized spacial score (nSPS) is 12.7. The molecule has 8 nitrogen and oxygen atoms in total. The van der Waals surface area contributed by atoms with Crippen molar-refractivity contribution in [3.05, 3.63) is 96.2 Å². The van der Waals surface area contributed by atoms with E-state index in [1.165, 1.54) is 10.4 Å². The first-order valence-corrected chi connectivity index (χ1v) is 18.4. The Morgan fingerprint density at radius 1 is 0.957 bits per heavy atom. The Labute approximate surface area is 278 Å². The Bertz CT molecular complexity index is 1690. The highest BCUT2D eigenvalue weighted by Crippen LogP contribution is 2.37. The molecule has 1 atom stereocenters. The number of halogens is 1. The van der Waals surface area contributed by atoms with Gasteiger partial charge < -0.3 is 20.2 Å². The van der Waals surface area contributed by atoms with Crippen molar-refractivity contribution >= 4 is 53.1 Å². The minimum atomic E-state index is -2.65. The molecule has 0 bridgehead atoms. The van der Waals surface area contributed by atoms with E-state index in [2.05, 4.69) is 109 Å². The minimum absolute atomic E-state index is 0.0923. The van der Waals surface area contributed by atoms with Crippen LogP contribution in [0.3, 0.4) is 0 Å². The lowest BCUT2D eigenvalue weighted by molar-refractivity contribution is 0.281. The fourth-order valence-corrected chi connectivity index (χ4v) is 11.1. The number of nitrogen functional groups attached to an aromatic ring is 1. The third kappa shape index (κ3) is 7.06. The van der Waals surface area contributed by atoms with E-state index in [4.69, 9.17) is 26.5 Å². The molecule has 2 aromatic heterocycles. The zero-order valence-corrected chi connectivity index (χ0v) is 29.2. The lowest BCUT2D eigenvalue weighted by atomic mass is 10.1. The highest BCUT2D eigenvalue weighted by atomic mass is 35.5. The summed E-state index contributed by atoms with van der Waals surface area (Å²) in [6.45, 7) is 10.2. The molecule has 0 saturated heterocycles. The molecular weight excluding hydrogens is 612 g/mol. The number of alkyl halides is 1. The molecular formula is C36H45ClN6O2Si. The average molecular weight is 657 g/mol. The van der Waals surface area contributed by atoms with Gasteiger partial charge in [-0.2, -0.15) is 10.1 Å². The summed E-state index contributed by atoms with van der Waals surface area (Å²) in [6, 6.07) is 27.6. The number of hydrogen-bond donors (Lipinski definition) is 2. The first-order valence-electron chi connectivity index (χ1n) is 15.9. The summed E-state index contributed by atoms with van der Waals surface area (Å²) in [4.78, 5) is 9.16. The van der Waals surface area contributed by atoms with E-state index in [9.17, 15) is 0 Å². The number of fused-ring (bicyclic) bond motifs is 1. The number of aromatic nitrogens is 4. The molecule has 3 N–H and O–H groups in total. The molecule has 0 saturated carbocycles. The number of nitrogens with two attached hydrogens (primary N) is 1. The van der Waals surface area contributed by atoms with Gasteiger partial charge in [-0.1, -0.05) is 101 Å². The summed E-state index contributed by atoms with van der Waals surface area (Å²) in [5.74, 6) is 2.05. The molecule has 242 valence electrons. The smallest absolute Gasteiger partial charge is 0.261 e. The van der Waals surface area contributed by atoms with Crippen LogP contribution in [-0.4, -0.2) is 47.8 Å². The van der Waals surface area contributed by atoms with Crippen molar-refractivity contribution in [2.75, 3.05) is 24.8 Å². The Kier molecular flexibility index (Phi) is 10.7. The molecule has 5 rings (SSSR count). The molecule has 0 spiro atoms. The second kappa shape index (κ2) is 14.7. The molecule has 5 aromatic rings. The molecule has 0 aliphatic heterocycles. The van der Waals surface area contributed by atoms with Crippen LogP contribution in [0.15, 0.2) is 85.1 Å². The highest BCUT2D eigenvalue weighted by molar-refractivity contribution is 6.99. The molecule has 0 aliphatic carbocycles. The first kappa shape index (κ1) is 33.4. The Morgan fingerprint density at radius 3 is 2.22 bits per heavy atom. The molecule has 0 fully saturated rings. The minimum Gasteiger partial charge on any atom is -0.496 e. The monoisotopic (exact) mass is 656 g/mol. The molecule has 0 aliphatic rings. The van der Waals surface area contributed by atoms with Gasteiger partial charge in [-0.15, -0.1) is 11.6 Å². The van der Waals surface area contributed by atoms with Gasteiger partial charge in [-0.05, 0) is 45.9 Å². The Balaban J connectivity index is 1.44. The average Bonchev–Trinajstić information content (AvgIpc) is 3.45.